The monoisotopic (exact) mass is 441 g/mol. The van der Waals surface area contributed by atoms with Crippen molar-refractivity contribution in [2.75, 3.05) is 11.1 Å². The molecule has 4 rings (SSSR count). The van der Waals surface area contributed by atoms with Gasteiger partial charge in [-0.3, -0.25) is 4.79 Å². The van der Waals surface area contributed by atoms with E-state index in [4.69, 9.17) is 17.3 Å². The van der Waals surface area contributed by atoms with E-state index in [1.165, 1.54) is 6.92 Å². The van der Waals surface area contributed by atoms with Gasteiger partial charge in [0, 0.05) is 36.5 Å². The smallest absolute Gasteiger partial charge is 0.221 e. The predicted octanol–water partition coefficient (Wildman–Crippen LogP) is 3.86. The molecule has 0 bridgehead atoms. The average Bonchev–Trinajstić information content (AvgIpc) is 3.20. The van der Waals surface area contributed by atoms with Gasteiger partial charge in [0.05, 0.1) is 11.3 Å². The number of nitrogen functional groups attached to an aromatic ring is 1. The summed E-state index contributed by atoms with van der Waals surface area (Å²) < 4.78 is 28.8. The van der Waals surface area contributed by atoms with Crippen LogP contribution in [0, 0.1) is 11.6 Å². The number of rotatable bonds is 4. The number of nitrogens with one attached hydrogen (secondary N) is 1. The molecule has 2 heterocycles. The fourth-order valence-electron chi connectivity index (χ4n) is 3.01. The molecule has 0 atom stereocenters. The largest absolute Gasteiger partial charge is 0.383 e. The lowest BCUT2D eigenvalue weighted by molar-refractivity contribution is -0.114. The number of hydrogen-bond acceptors (Lipinski definition) is 6. The molecule has 2 aromatic carbocycles. The number of carbonyl (C=O) groups excluding carboxylic acids is 1. The fourth-order valence-corrected chi connectivity index (χ4v) is 3.20. The average molecular weight is 442 g/mol. The maximum absolute atomic E-state index is 13.9. The summed E-state index contributed by atoms with van der Waals surface area (Å²) in [6.45, 7) is 1.41. The van der Waals surface area contributed by atoms with E-state index in [-0.39, 0.29) is 28.3 Å². The molecule has 0 fully saturated rings. The van der Waals surface area contributed by atoms with Crippen molar-refractivity contribution >= 4 is 29.0 Å². The third-order valence-corrected chi connectivity index (χ3v) is 4.72. The highest BCUT2D eigenvalue weighted by atomic mass is 35.5. The van der Waals surface area contributed by atoms with Crippen LogP contribution in [0.15, 0.2) is 48.7 Å². The molecule has 0 aliphatic rings. The number of tetrazole rings is 1. The van der Waals surface area contributed by atoms with Crippen molar-refractivity contribution in [2.24, 2.45) is 0 Å². The van der Waals surface area contributed by atoms with Gasteiger partial charge < -0.3 is 11.1 Å². The number of hydrogen-bond donors (Lipinski definition) is 2. The molecule has 2 aromatic heterocycles. The van der Waals surface area contributed by atoms with Crippen LogP contribution in [0.3, 0.4) is 0 Å². The topological polar surface area (TPSA) is 112 Å². The zero-order valence-corrected chi connectivity index (χ0v) is 16.7. The summed E-state index contributed by atoms with van der Waals surface area (Å²) in [5.74, 6) is -1.80. The lowest BCUT2D eigenvalue weighted by Gasteiger charge is -2.11. The van der Waals surface area contributed by atoms with Crippen molar-refractivity contribution < 1.29 is 13.6 Å². The van der Waals surface area contributed by atoms with Crippen LogP contribution in [0.4, 0.5) is 20.3 Å². The Hall–Kier alpha value is -3.92. The third kappa shape index (κ3) is 4.05. The summed E-state index contributed by atoms with van der Waals surface area (Å²) in [7, 11) is 0. The minimum absolute atomic E-state index is 0.0865. The molecule has 3 N–H and O–H groups in total. The van der Waals surface area contributed by atoms with Gasteiger partial charge in [0.15, 0.2) is 5.82 Å². The molecule has 4 aromatic rings. The number of benzene rings is 2. The molecule has 0 unspecified atom stereocenters. The second-order valence-corrected chi connectivity index (χ2v) is 6.93. The first-order valence-electron chi connectivity index (χ1n) is 8.90. The van der Waals surface area contributed by atoms with Gasteiger partial charge in [-0.25, -0.2) is 13.8 Å². The van der Waals surface area contributed by atoms with Gasteiger partial charge in [-0.2, -0.15) is 4.68 Å². The molecule has 11 heteroatoms. The molecule has 0 saturated carbocycles. The maximum Gasteiger partial charge on any atom is 0.221 e. The molecule has 1 amide bonds. The first-order chi connectivity index (χ1) is 14.8. The van der Waals surface area contributed by atoms with Gasteiger partial charge in [-0.15, -0.1) is 5.10 Å². The fraction of sp³-hybridized carbons (Fsp3) is 0.0500. The van der Waals surface area contributed by atoms with E-state index in [0.29, 0.717) is 22.9 Å². The molecule has 156 valence electrons. The molecular weight excluding hydrogens is 428 g/mol. The van der Waals surface area contributed by atoms with Gasteiger partial charge in [-0.1, -0.05) is 23.7 Å². The number of anilines is 2. The number of halogens is 3. The normalized spacial score (nSPS) is 10.8. The lowest BCUT2D eigenvalue weighted by Crippen LogP contribution is -2.06. The molecule has 0 spiro atoms. The van der Waals surface area contributed by atoms with E-state index in [1.807, 2.05) is 6.07 Å². The summed E-state index contributed by atoms with van der Waals surface area (Å²) in [4.78, 5) is 15.5. The molecule has 0 saturated heterocycles. The molecule has 31 heavy (non-hydrogen) atoms. The van der Waals surface area contributed by atoms with E-state index >= 15 is 0 Å². The van der Waals surface area contributed by atoms with E-state index < -0.39 is 11.6 Å². The van der Waals surface area contributed by atoms with Crippen LogP contribution in [0.1, 0.15) is 6.92 Å². The SMILES string of the molecule is CC(=O)Nc1cccc(-c2cnc(N)c(-c3nnnn3-c3cc(F)cc(F)c3Cl)c2)c1. The van der Waals surface area contributed by atoms with Crippen molar-refractivity contribution in [1.29, 1.82) is 0 Å². The highest BCUT2D eigenvalue weighted by Gasteiger charge is 2.20. The molecule has 0 radical (unpaired) electrons. The quantitative estimate of drug-likeness (QED) is 0.465. The van der Waals surface area contributed by atoms with Crippen molar-refractivity contribution in [3.05, 3.63) is 65.3 Å². The number of pyridine rings is 1. The zero-order valence-electron chi connectivity index (χ0n) is 16.0. The van der Waals surface area contributed by atoms with Crippen LogP contribution in [0.25, 0.3) is 28.2 Å². The Balaban J connectivity index is 1.82. The molecule has 0 aliphatic heterocycles. The van der Waals surface area contributed by atoms with E-state index in [9.17, 15) is 13.6 Å². The maximum atomic E-state index is 13.9. The minimum Gasteiger partial charge on any atom is -0.383 e. The van der Waals surface area contributed by atoms with Crippen molar-refractivity contribution in [2.45, 2.75) is 6.92 Å². The summed E-state index contributed by atoms with van der Waals surface area (Å²) in [5.41, 5.74) is 8.29. The van der Waals surface area contributed by atoms with Gasteiger partial charge in [-0.05, 0) is 34.2 Å². The van der Waals surface area contributed by atoms with Gasteiger partial charge in [0.1, 0.15) is 22.5 Å². The van der Waals surface area contributed by atoms with Crippen molar-refractivity contribution in [1.82, 2.24) is 25.2 Å². The summed E-state index contributed by atoms with van der Waals surface area (Å²) in [5, 5.41) is 13.7. The zero-order chi connectivity index (χ0) is 22.1. The van der Waals surface area contributed by atoms with Gasteiger partial charge >= 0.3 is 0 Å². The number of nitrogens with zero attached hydrogens (tertiary/aromatic N) is 5. The highest BCUT2D eigenvalue weighted by Crippen LogP contribution is 2.32. The van der Waals surface area contributed by atoms with E-state index in [2.05, 4.69) is 25.8 Å². The first kappa shape index (κ1) is 20.4. The molecule has 0 aliphatic carbocycles. The second-order valence-electron chi connectivity index (χ2n) is 6.55. The Morgan fingerprint density at radius 1 is 1.16 bits per heavy atom. The number of aromatic nitrogens is 5. The number of nitrogens with two attached hydrogens (primary N) is 1. The minimum atomic E-state index is -0.951. The van der Waals surface area contributed by atoms with E-state index in [0.717, 1.165) is 16.3 Å². The lowest BCUT2D eigenvalue weighted by atomic mass is 10.0. The third-order valence-electron chi connectivity index (χ3n) is 4.35. The Bertz CT molecular complexity index is 1310. The Labute approximate surface area is 179 Å². The van der Waals surface area contributed by atoms with Crippen molar-refractivity contribution in [3.8, 4) is 28.2 Å². The van der Waals surface area contributed by atoms with Crippen LogP contribution in [0.2, 0.25) is 5.02 Å². The van der Waals surface area contributed by atoms with Crippen LogP contribution in [-0.4, -0.2) is 31.1 Å². The van der Waals surface area contributed by atoms with Gasteiger partial charge in [0.25, 0.3) is 0 Å². The number of amides is 1. The summed E-state index contributed by atoms with van der Waals surface area (Å²) in [6.07, 6.45) is 1.55. The Morgan fingerprint density at radius 2 is 1.97 bits per heavy atom. The number of carbonyl (C=O) groups is 1. The van der Waals surface area contributed by atoms with Gasteiger partial charge in [0.2, 0.25) is 5.91 Å². The van der Waals surface area contributed by atoms with Crippen LogP contribution in [-0.2, 0) is 4.79 Å². The first-order valence-corrected chi connectivity index (χ1v) is 9.28. The van der Waals surface area contributed by atoms with Crippen LogP contribution < -0.4 is 11.1 Å². The second kappa shape index (κ2) is 8.07. The predicted molar refractivity (Wildman–Crippen MR) is 111 cm³/mol. The summed E-state index contributed by atoms with van der Waals surface area (Å²) in [6, 6.07) is 10.5. The Morgan fingerprint density at radius 3 is 2.74 bits per heavy atom. The Kier molecular flexibility index (Phi) is 5.30. The van der Waals surface area contributed by atoms with E-state index in [1.54, 1.807) is 30.5 Å². The molecular formula is C20H14ClF2N7O. The van der Waals surface area contributed by atoms with Crippen LogP contribution >= 0.6 is 11.6 Å². The van der Waals surface area contributed by atoms with Crippen LogP contribution in [0.5, 0.6) is 0 Å². The molecule has 8 nitrogen and oxygen atoms in total. The highest BCUT2D eigenvalue weighted by molar-refractivity contribution is 6.32. The van der Waals surface area contributed by atoms with Crippen molar-refractivity contribution in [3.63, 3.8) is 0 Å². The summed E-state index contributed by atoms with van der Waals surface area (Å²) >= 11 is 6.00. The standard InChI is InChI=1S/C20H14ClF2N7O/c1-10(31)26-14-4-2-3-11(5-14)12-6-15(19(24)25-9-12)20-27-28-29-30(20)17-8-13(22)7-16(23)18(17)21/h2-9H,1H3,(H2,24,25)(H,26,31).